The highest BCUT2D eigenvalue weighted by atomic mass is 16.5. The molecule has 0 aliphatic rings. The minimum absolute atomic E-state index is 0.211. The maximum absolute atomic E-state index is 11.6. The maximum Gasteiger partial charge on any atom is 0.308 e. The van der Waals surface area contributed by atoms with Crippen molar-refractivity contribution in [1.82, 2.24) is 0 Å². The lowest BCUT2D eigenvalue weighted by Gasteiger charge is -2.10. The summed E-state index contributed by atoms with van der Waals surface area (Å²) in [6.45, 7) is 3.29. The highest BCUT2D eigenvalue weighted by molar-refractivity contribution is 5.72. The molecule has 1 aromatic carbocycles. The molecule has 0 heterocycles. The Morgan fingerprint density at radius 3 is 2.62 bits per heavy atom. The Morgan fingerprint density at radius 1 is 1.50 bits per heavy atom. The number of methoxy groups -OCH3 is 1. The van der Waals surface area contributed by atoms with Crippen LogP contribution in [0.5, 0.6) is 5.75 Å². The third kappa shape index (κ3) is 3.57. The second-order valence-electron chi connectivity index (χ2n) is 3.32. The van der Waals surface area contributed by atoms with E-state index >= 15 is 0 Å². The Balaban J connectivity index is 2.90. The smallest absolute Gasteiger partial charge is 0.308 e. The summed E-state index contributed by atoms with van der Waals surface area (Å²) in [5.74, 6) is -1.63. The monoisotopic (exact) mass is 224 g/mol. The molecule has 3 heteroatoms. The molecule has 0 N–H and O–H groups in total. The highest BCUT2D eigenvalue weighted by Crippen LogP contribution is 2.15. The first-order valence-corrected chi connectivity index (χ1v) is 5.17. The average Bonchev–Trinajstić information content (AvgIpc) is 2.38. The van der Waals surface area contributed by atoms with E-state index in [2.05, 4.69) is 0 Å². The lowest BCUT2D eigenvalue weighted by Crippen LogP contribution is -2.16. The zero-order valence-corrected chi connectivity index (χ0v) is 9.82. The first kappa shape index (κ1) is 9.70. The summed E-state index contributed by atoms with van der Waals surface area (Å²) in [5, 5.41) is 0. The third-order valence-corrected chi connectivity index (χ3v) is 2.10. The summed E-state index contributed by atoms with van der Waals surface area (Å²) in [5.41, 5.74) is 0.585. The molecule has 0 saturated carbocycles. The Labute approximate surface area is 99.2 Å². The minimum atomic E-state index is -1.62. The first-order valence-electron chi connectivity index (χ1n) is 6.24. The number of hydrogen-bond donors (Lipinski definition) is 0. The molecule has 0 bridgehead atoms. The van der Waals surface area contributed by atoms with E-state index in [4.69, 9.17) is 12.2 Å². The number of ether oxygens (including phenoxy) is 2. The van der Waals surface area contributed by atoms with E-state index in [-0.39, 0.29) is 6.61 Å². The van der Waals surface area contributed by atoms with Gasteiger partial charge in [-0.3, -0.25) is 4.79 Å². The van der Waals surface area contributed by atoms with Crippen molar-refractivity contribution in [2.75, 3.05) is 13.7 Å². The van der Waals surface area contributed by atoms with Crippen LogP contribution < -0.4 is 4.74 Å². The van der Waals surface area contributed by atoms with Crippen molar-refractivity contribution in [2.45, 2.75) is 20.2 Å². The lowest BCUT2D eigenvalue weighted by molar-refractivity contribution is -0.147. The largest absolute Gasteiger partial charge is 0.497 e. The molecule has 3 nitrogen and oxygen atoms in total. The molecule has 16 heavy (non-hydrogen) atoms. The van der Waals surface area contributed by atoms with Crippen LogP contribution in [-0.4, -0.2) is 19.7 Å². The molecule has 0 spiro atoms. The van der Waals surface area contributed by atoms with Crippen LogP contribution >= 0.6 is 0 Å². The van der Waals surface area contributed by atoms with Crippen LogP contribution in [0.3, 0.4) is 0 Å². The average molecular weight is 224 g/mol. The molecule has 2 atom stereocenters. The van der Waals surface area contributed by atoms with Crippen LogP contribution in [0.25, 0.3) is 0 Å². The van der Waals surface area contributed by atoms with Crippen molar-refractivity contribution in [2.24, 2.45) is 5.89 Å². The van der Waals surface area contributed by atoms with Crippen molar-refractivity contribution >= 4 is 5.97 Å². The Kier molecular flexibility index (Phi) is 3.73. The molecule has 0 aromatic heterocycles. The molecule has 1 aromatic rings. The number of hydrogen-bond acceptors (Lipinski definition) is 3. The van der Waals surface area contributed by atoms with E-state index in [1.165, 1.54) is 6.92 Å². The topological polar surface area (TPSA) is 35.5 Å². The maximum atomic E-state index is 11.6. The summed E-state index contributed by atoms with van der Waals surface area (Å²) >= 11 is 0. The van der Waals surface area contributed by atoms with Gasteiger partial charge >= 0.3 is 5.97 Å². The zero-order valence-electron chi connectivity index (χ0n) is 11.8. The predicted molar refractivity (Wildman–Crippen MR) is 62.5 cm³/mol. The third-order valence-electron chi connectivity index (χ3n) is 2.10. The molecule has 0 amide bonds. The van der Waals surface area contributed by atoms with E-state index in [0.717, 1.165) is 0 Å². The number of carbonyl (C=O) groups excluding carboxylic acids is 1. The molecule has 88 valence electrons. The van der Waals surface area contributed by atoms with Crippen molar-refractivity contribution in [3.05, 3.63) is 29.8 Å². The molecular weight excluding hydrogens is 204 g/mol. The van der Waals surface area contributed by atoms with Gasteiger partial charge in [-0.2, -0.15) is 0 Å². The number of benzene rings is 1. The second-order valence-corrected chi connectivity index (χ2v) is 3.32. The SMILES string of the molecule is [2H]C(c1ccc(OC)cc1)C([2H])(C)C(=O)OCC. The van der Waals surface area contributed by atoms with Gasteiger partial charge in [-0.1, -0.05) is 19.1 Å². The van der Waals surface area contributed by atoms with Crippen molar-refractivity contribution in [1.29, 1.82) is 0 Å². The highest BCUT2D eigenvalue weighted by Gasteiger charge is 2.14. The van der Waals surface area contributed by atoms with Crippen LogP contribution in [0.1, 0.15) is 22.2 Å². The zero-order chi connectivity index (χ0) is 13.8. The fourth-order valence-corrected chi connectivity index (χ4v) is 1.25. The van der Waals surface area contributed by atoms with Gasteiger partial charge in [-0.05, 0) is 31.0 Å². The van der Waals surface area contributed by atoms with Crippen LogP contribution in [-0.2, 0) is 15.9 Å². The molecule has 0 fully saturated rings. The van der Waals surface area contributed by atoms with Gasteiger partial charge in [0.15, 0.2) is 0 Å². The molecule has 0 saturated heterocycles. The van der Waals surface area contributed by atoms with Gasteiger partial charge < -0.3 is 9.47 Å². The van der Waals surface area contributed by atoms with E-state index in [1.807, 2.05) is 0 Å². The van der Waals surface area contributed by atoms with Gasteiger partial charge in [0.2, 0.25) is 0 Å². The standard InChI is InChI=1S/C13H18O3/c1-4-16-13(14)10(2)9-11-5-7-12(15-3)8-6-11/h5-8,10H,4,9H2,1-3H3/i9D,10D. The Morgan fingerprint density at radius 2 is 2.12 bits per heavy atom. The van der Waals surface area contributed by atoms with Gasteiger partial charge in [-0.25, -0.2) is 0 Å². The van der Waals surface area contributed by atoms with Gasteiger partial charge in [0.25, 0.3) is 0 Å². The van der Waals surface area contributed by atoms with Crippen LogP contribution in [0.15, 0.2) is 24.3 Å². The minimum Gasteiger partial charge on any atom is -0.497 e. The van der Waals surface area contributed by atoms with Gasteiger partial charge in [0.05, 0.1) is 19.6 Å². The van der Waals surface area contributed by atoms with Crippen LogP contribution in [0, 0.1) is 5.89 Å². The quantitative estimate of drug-likeness (QED) is 0.721. The first-order chi connectivity index (χ1) is 8.43. The fraction of sp³-hybridized carbons (Fsp3) is 0.462. The Bertz CT molecular complexity index is 401. The van der Waals surface area contributed by atoms with Gasteiger partial charge in [0, 0.05) is 2.74 Å². The molecule has 0 aliphatic carbocycles. The fourth-order valence-electron chi connectivity index (χ4n) is 1.25. The molecule has 1 rings (SSSR count). The van der Waals surface area contributed by atoms with E-state index < -0.39 is 18.3 Å². The molecular formula is C13H18O3. The molecule has 0 aliphatic heterocycles. The van der Waals surface area contributed by atoms with Gasteiger partial charge in [-0.15, -0.1) is 0 Å². The van der Waals surface area contributed by atoms with E-state index in [0.29, 0.717) is 11.3 Å². The molecule has 2 unspecified atom stereocenters. The normalized spacial score (nSPS) is 17.7. The summed E-state index contributed by atoms with van der Waals surface area (Å²) < 4.78 is 25.9. The van der Waals surface area contributed by atoms with Crippen LogP contribution in [0.2, 0.25) is 0 Å². The predicted octanol–water partition coefficient (Wildman–Crippen LogP) is 2.44. The van der Waals surface area contributed by atoms with E-state index in [9.17, 15) is 4.79 Å². The van der Waals surface area contributed by atoms with Gasteiger partial charge in [0.1, 0.15) is 5.75 Å². The van der Waals surface area contributed by atoms with Crippen molar-refractivity contribution in [3.8, 4) is 5.75 Å². The summed E-state index contributed by atoms with van der Waals surface area (Å²) in [4.78, 5) is 11.6. The lowest BCUT2D eigenvalue weighted by atomic mass is 10.0. The molecule has 0 radical (unpaired) electrons. The van der Waals surface area contributed by atoms with Crippen molar-refractivity contribution in [3.63, 3.8) is 0 Å². The summed E-state index contributed by atoms with van der Waals surface area (Å²) in [7, 11) is 1.56. The summed E-state index contributed by atoms with van der Waals surface area (Å²) in [6.07, 6.45) is -0.998. The number of rotatable bonds is 5. The number of carbonyl (C=O) groups is 1. The van der Waals surface area contributed by atoms with Crippen molar-refractivity contribution < 1.29 is 17.0 Å². The number of esters is 1. The Hall–Kier alpha value is -1.51. The van der Waals surface area contributed by atoms with E-state index in [1.54, 1.807) is 38.3 Å². The van der Waals surface area contributed by atoms with Crippen LogP contribution in [0.4, 0.5) is 0 Å². The second kappa shape index (κ2) is 6.16. The summed E-state index contributed by atoms with van der Waals surface area (Å²) in [6, 6.07) is 6.78.